The molecule has 0 saturated heterocycles. The molecule has 0 radical (unpaired) electrons. The topological polar surface area (TPSA) is 95.6 Å². The van der Waals surface area contributed by atoms with Crippen LogP contribution in [-0.4, -0.2) is 23.6 Å². The lowest BCUT2D eigenvalue weighted by molar-refractivity contribution is -0.114. The van der Waals surface area contributed by atoms with Gasteiger partial charge in [-0.1, -0.05) is 30.3 Å². The number of rotatable bonds is 5. The van der Waals surface area contributed by atoms with E-state index in [0.717, 1.165) is 10.5 Å². The normalized spacial score (nSPS) is 12.7. The minimum absolute atomic E-state index is 0.156. The summed E-state index contributed by atoms with van der Waals surface area (Å²) in [5.41, 5.74) is 3.01. The molecule has 0 spiro atoms. The Morgan fingerprint density at radius 3 is 2.06 bits per heavy atom. The molecular weight excluding hydrogens is 406 g/mol. The average molecular weight is 425 g/mol. The van der Waals surface area contributed by atoms with E-state index in [4.69, 9.17) is 0 Å². The monoisotopic (exact) mass is 425 g/mol. The summed E-state index contributed by atoms with van der Waals surface area (Å²) in [5, 5.41) is 5.41. The van der Waals surface area contributed by atoms with Gasteiger partial charge in [0.2, 0.25) is 11.8 Å². The van der Waals surface area contributed by atoms with Crippen molar-refractivity contribution in [2.45, 2.75) is 6.92 Å². The molecule has 32 heavy (non-hydrogen) atoms. The molecule has 7 heteroatoms. The van der Waals surface area contributed by atoms with Gasteiger partial charge in [0.1, 0.15) is 0 Å². The van der Waals surface area contributed by atoms with Gasteiger partial charge in [-0.15, -0.1) is 0 Å². The van der Waals surface area contributed by atoms with Gasteiger partial charge in [-0.3, -0.25) is 19.2 Å². The number of nitrogens with zero attached hydrogens (tertiary/aromatic N) is 1. The molecule has 1 heterocycles. The van der Waals surface area contributed by atoms with Gasteiger partial charge in [-0.05, 0) is 54.1 Å². The zero-order valence-electron chi connectivity index (χ0n) is 17.2. The highest BCUT2D eigenvalue weighted by Crippen LogP contribution is 2.29. The van der Waals surface area contributed by atoms with Gasteiger partial charge < -0.3 is 10.6 Å². The lowest BCUT2D eigenvalue weighted by atomic mass is 10.1. The average Bonchev–Trinajstić information content (AvgIpc) is 3.03. The van der Waals surface area contributed by atoms with Crippen molar-refractivity contribution in [3.63, 3.8) is 0 Å². The quantitative estimate of drug-likeness (QED) is 0.475. The lowest BCUT2D eigenvalue weighted by Crippen LogP contribution is -2.29. The van der Waals surface area contributed by atoms with Crippen molar-refractivity contribution in [3.05, 3.63) is 95.6 Å². The van der Waals surface area contributed by atoms with E-state index in [1.165, 1.54) is 13.0 Å². The fourth-order valence-corrected chi connectivity index (χ4v) is 3.38. The number of amides is 4. The smallest absolute Gasteiger partial charge is 0.266 e. The number of imide groups is 1. The second-order valence-corrected chi connectivity index (χ2v) is 7.17. The second kappa shape index (κ2) is 8.69. The van der Waals surface area contributed by atoms with Gasteiger partial charge in [-0.25, -0.2) is 4.90 Å². The van der Waals surface area contributed by atoms with Crippen LogP contribution in [0.15, 0.2) is 78.9 Å². The first-order chi connectivity index (χ1) is 15.4. The van der Waals surface area contributed by atoms with Crippen molar-refractivity contribution in [2.75, 3.05) is 15.5 Å². The Morgan fingerprint density at radius 2 is 1.44 bits per heavy atom. The molecule has 0 fully saturated rings. The third kappa shape index (κ3) is 4.32. The molecular formula is C25H19N3O4. The molecule has 4 amide bonds. The number of nitrogens with one attached hydrogen (secondary N) is 2. The minimum atomic E-state index is -0.392. The maximum atomic E-state index is 12.7. The number of carbonyl (C=O) groups excluding carboxylic acids is 4. The summed E-state index contributed by atoms with van der Waals surface area (Å²) >= 11 is 0. The Balaban J connectivity index is 1.45. The van der Waals surface area contributed by atoms with E-state index in [1.807, 2.05) is 0 Å². The van der Waals surface area contributed by atoms with Crippen LogP contribution in [-0.2, 0) is 9.59 Å². The van der Waals surface area contributed by atoms with Crippen molar-refractivity contribution < 1.29 is 19.2 Å². The number of anilines is 3. The Kier molecular flexibility index (Phi) is 5.63. The SMILES string of the molecule is CC(=O)Nc1ccc(/C=C/C(=O)Nc2cccc(N3C(=O)c4ccccc4C3=O)c2)cc1. The van der Waals surface area contributed by atoms with Crippen LogP contribution in [0.25, 0.3) is 6.08 Å². The zero-order valence-corrected chi connectivity index (χ0v) is 17.2. The standard InChI is InChI=1S/C25H19N3O4/c1-16(29)26-18-12-9-17(10-13-18)11-14-23(30)27-19-5-4-6-20(15-19)28-24(31)21-7-2-3-8-22(21)25(28)32/h2-15H,1H3,(H,26,29)(H,27,30)/b14-11+. The highest BCUT2D eigenvalue weighted by atomic mass is 16.2. The lowest BCUT2D eigenvalue weighted by Gasteiger charge is -2.15. The fraction of sp³-hybridized carbons (Fsp3) is 0.0400. The molecule has 4 rings (SSSR count). The number of benzene rings is 3. The number of hydrogen-bond donors (Lipinski definition) is 2. The third-order valence-corrected chi connectivity index (χ3v) is 4.82. The molecule has 1 aliphatic rings. The first-order valence-electron chi connectivity index (χ1n) is 9.87. The Morgan fingerprint density at radius 1 is 0.781 bits per heavy atom. The van der Waals surface area contributed by atoms with E-state index < -0.39 is 11.8 Å². The van der Waals surface area contributed by atoms with Crippen LogP contribution >= 0.6 is 0 Å². The molecule has 0 saturated carbocycles. The molecule has 3 aromatic carbocycles. The molecule has 0 bridgehead atoms. The molecule has 0 aromatic heterocycles. The summed E-state index contributed by atoms with van der Waals surface area (Å²) in [5.74, 6) is -1.31. The van der Waals surface area contributed by atoms with E-state index in [1.54, 1.807) is 78.9 Å². The predicted octanol–water partition coefficient (Wildman–Crippen LogP) is 4.10. The first-order valence-corrected chi connectivity index (χ1v) is 9.87. The van der Waals surface area contributed by atoms with Crippen molar-refractivity contribution in [3.8, 4) is 0 Å². The number of fused-ring (bicyclic) bond motifs is 1. The Bertz CT molecular complexity index is 1230. The van der Waals surface area contributed by atoms with Crippen LogP contribution in [0.3, 0.4) is 0 Å². The highest BCUT2D eigenvalue weighted by molar-refractivity contribution is 6.34. The Labute approximate surface area is 184 Å². The number of carbonyl (C=O) groups is 4. The largest absolute Gasteiger partial charge is 0.326 e. The van der Waals surface area contributed by atoms with E-state index in [9.17, 15) is 19.2 Å². The van der Waals surface area contributed by atoms with Gasteiger partial charge in [0, 0.05) is 24.4 Å². The van der Waals surface area contributed by atoms with Gasteiger partial charge in [0.15, 0.2) is 0 Å². The Hall–Kier alpha value is -4.52. The van der Waals surface area contributed by atoms with Crippen LogP contribution < -0.4 is 15.5 Å². The summed E-state index contributed by atoms with van der Waals surface area (Å²) in [4.78, 5) is 49.8. The van der Waals surface area contributed by atoms with Crippen molar-refractivity contribution in [1.29, 1.82) is 0 Å². The van der Waals surface area contributed by atoms with Crippen LogP contribution in [0.4, 0.5) is 17.1 Å². The van der Waals surface area contributed by atoms with E-state index in [-0.39, 0.29) is 11.8 Å². The maximum absolute atomic E-state index is 12.7. The van der Waals surface area contributed by atoms with Crippen LogP contribution in [0, 0.1) is 0 Å². The molecule has 0 aliphatic carbocycles. The molecule has 0 atom stereocenters. The van der Waals surface area contributed by atoms with Gasteiger partial charge in [-0.2, -0.15) is 0 Å². The van der Waals surface area contributed by atoms with Crippen molar-refractivity contribution >= 4 is 46.8 Å². The van der Waals surface area contributed by atoms with Gasteiger partial charge >= 0.3 is 0 Å². The fourth-order valence-electron chi connectivity index (χ4n) is 3.38. The summed E-state index contributed by atoms with van der Waals surface area (Å²) in [6, 6.07) is 20.3. The number of hydrogen-bond acceptors (Lipinski definition) is 4. The van der Waals surface area contributed by atoms with E-state index >= 15 is 0 Å². The summed E-state index contributed by atoms with van der Waals surface area (Å²) in [6.45, 7) is 1.43. The molecule has 0 unspecified atom stereocenters. The van der Waals surface area contributed by atoms with Crippen molar-refractivity contribution in [2.24, 2.45) is 0 Å². The highest BCUT2D eigenvalue weighted by Gasteiger charge is 2.36. The molecule has 158 valence electrons. The molecule has 2 N–H and O–H groups in total. The van der Waals surface area contributed by atoms with Crippen LogP contribution in [0.5, 0.6) is 0 Å². The second-order valence-electron chi connectivity index (χ2n) is 7.17. The predicted molar refractivity (Wildman–Crippen MR) is 122 cm³/mol. The molecule has 3 aromatic rings. The van der Waals surface area contributed by atoms with Crippen LogP contribution in [0.1, 0.15) is 33.2 Å². The molecule has 1 aliphatic heterocycles. The van der Waals surface area contributed by atoms with E-state index in [0.29, 0.717) is 28.2 Å². The molecule has 7 nitrogen and oxygen atoms in total. The van der Waals surface area contributed by atoms with Gasteiger partial charge in [0.05, 0.1) is 16.8 Å². The first kappa shape index (κ1) is 20.7. The van der Waals surface area contributed by atoms with Gasteiger partial charge in [0.25, 0.3) is 11.8 Å². The van der Waals surface area contributed by atoms with E-state index in [2.05, 4.69) is 10.6 Å². The zero-order chi connectivity index (χ0) is 22.7. The van der Waals surface area contributed by atoms with Crippen molar-refractivity contribution in [1.82, 2.24) is 0 Å². The van der Waals surface area contributed by atoms with Crippen LogP contribution in [0.2, 0.25) is 0 Å². The maximum Gasteiger partial charge on any atom is 0.266 e. The summed E-state index contributed by atoms with van der Waals surface area (Å²) in [6.07, 6.45) is 3.02. The summed E-state index contributed by atoms with van der Waals surface area (Å²) < 4.78 is 0. The minimum Gasteiger partial charge on any atom is -0.326 e. The third-order valence-electron chi connectivity index (χ3n) is 4.82. The summed E-state index contributed by atoms with van der Waals surface area (Å²) in [7, 11) is 0.